The van der Waals surface area contributed by atoms with Gasteiger partial charge in [-0.25, -0.2) is 0 Å². The van der Waals surface area contributed by atoms with E-state index in [0.29, 0.717) is 0 Å². The predicted octanol–water partition coefficient (Wildman–Crippen LogP) is 15.7. The van der Waals surface area contributed by atoms with Crippen molar-refractivity contribution in [1.29, 1.82) is 0 Å². The third kappa shape index (κ3) is 6.07. The Kier molecular flexibility index (Phi) is 8.59. The normalized spacial score (nSPS) is 16.5. The molecule has 322 valence electrons. The summed E-state index contributed by atoms with van der Waals surface area (Å²) in [4.78, 5) is 5.27. The molecule has 0 radical (unpaired) electrons. The summed E-state index contributed by atoms with van der Waals surface area (Å²) in [5.74, 6) is 0. The van der Waals surface area contributed by atoms with E-state index in [2.05, 4.69) is 221 Å². The second-order valence-corrected chi connectivity index (χ2v) is 23.7. The molecular formula is C60H63BN2O. The number of hydrogen-bond donors (Lipinski definition) is 0. The molecule has 8 aromatic rings. The minimum atomic E-state index is -0.104. The van der Waals surface area contributed by atoms with Crippen LogP contribution < -0.4 is 20.6 Å². The maximum Gasteiger partial charge on any atom is 0.333 e. The van der Waals surface area contributed by atoms with Gasteiger partial charge in [-0.2, -0.15) is 0 Å². The molecule has 2 aliphatic heterocycles. The minimum absolute atomic E-state index is 0.0302. The van der Waals surface area contributed by atoms with Gasteiger partial charge >= 0.3 is 6.85 Å². The fourth-order valence-corrected chi connectivity index (χ4v) is 11.4. The molecule has 0 atom stereocenters. The van der Waals surface area contributed by atoms with Crippen LogP contribution in [0.25, 0.3) is 43.8 Å². The number of anilines is 5. The van der Waals surface area contributed by atoms with Gasteiger partial charge in [0.25, 0.3) is 0 Å². The zero-order chi connectivity index (χ0) is 45.0. The van der Waals surface area contributed by atoms with Crippen LogP contribution in [0.15, 0.2) is 126 Å². The van der Waals surface area contributed by atoms with Crippen molar-refractivity contribution in [3.05, 3.63) is 149 Å². The maximum atomic E-state index is 7.05. The molecule has 11 rings (SSSR count). The van der Waals surface area contributed by atoms with E-state index in [9.17, 15) is 0 Å². The van der Waals surface area contributed by atoms with Crippen molar-refractivity contribution >= 4 is 78.9 Å². The monoisotopic (exact) mass is 839 g/mol. The Morgan fingerprint density at radius 2 is 1.09 bits per heavy atom. The molecule has 3 aliphatic rings. The van der Waals surface area contributed by atoms with Gasteiger partial charge in [0.1, 0.15) is 11.2 Å². The summed E-state index contributed by atoms with van der Waals surface area (Å²) < 4.78 is 7.05. The molecule has 4 heteroatoms. The van der Waals surface area contributed by atoms with Crippen LogP contribution in [0.4, 0.5) is 28.4 Å². The highest BCUT2D eigenvalue weighted by Crippen LogP contribution is 2.54. The van der Waals surface area contributed by atoms with Crippen LogP contribution in [0.5, 0.6) is 0 Å². The van der Waals surface area contributed by atoms with E-state index in [1.54, 1.807) is 0 Å². The van der Waals surface area contributed by atoms with Gasteiger partial charge in [-0.15, -0.1) is 0 Å². The van der Waals surface area contributed by atoms with E-state index in [-0.39, 0.29) is 33.9 Å². The van der Waals surface area contributed by atoms with Crippen molar-refractivity contribution in [2.45, 2.75) is 130 Å². The first kappa shape index (κ1) is 41.0. The lowest BCUT2D eigenvalue weighted by molar-refractivity contribution is 0.332. The third-order valence-electron chi connectivity index (χ3n) is 15.4. The van der Waals surface area contributed by atoms with Crippen LogP contribution in [0, 0.1) is 0 Å². The fourth-order valence-electron chi connectivity index (χ4n) is 11.4. The number of fused-ring (bicyclic) bond motifs is 11. The van der Waals surface area contributed by atoms with Crippen molar-refractivity contribution < 1.29 is 4.42 Å². The highest BCUT2D eigenvalue weighted by Gasteiger charge is 2.47. The molecule has 0 unspecified atom stereocenters. The molecule has 0 bridgehead atoms. The summed E-state index contributed by atoms with van der Waals surface area (Å²) in [7, 11) is 0. The van der Waals surface area contributed by atoms with Crippen LogP contribution in [-0.4, -0.2) is 6.85 Å². The predicted molar refractivity (Wildman–Crippen MR) is 276 cm³/mol. The summed E-state index contributed by atoms with van der Waals surface area (Å²) in [6.07, 6.45) is 2.32. The molecule has 64 heavy (non-hydrogen) atoms. The first-order valence-electron chi connectivity index (χ1n) is 23.7. The van der Waals surface area contributed by atoms with Crippen LogP contribution in [-0.2, 0) is 27.1 Å². The maximum absolute atomic E-state index is 7.05. The van der Waals surface area contributed by atoms with Gasteiger partial charge in [-0.1, -0.05) is 151 Å². The number of benzene rings is 7. The number of nitrogens with zero attached hydrogens (tertiary/aromatic N) is 2. The molecular weight excluding hydrogens is 775 g/mol. The smallest absolute Gasteiger partial charge is 0.333 e. The average molecular weight is 839 g/mol. The molecule has 3 nitrogen and oxygen atoms in total. The largest absolute Gasteiger partial charge is 0.456 e. The summed E-state index contributed by atoms with van der Waals surface area (Å²) >= 11 is 0. The van der Waals surface area contributed by atoms with E-state index < -0.39 is 0 Å². The van der Waals surface area contributed by atoms with Crippen molar-refractivity contribution in [3.63, 3.8) is 0 Å². The van der Waals surface area contributed by atoms with Crippen LogP contribution in [0.3, 0.4) is 0 Å². The molecule has 0 fully saturated rings. The van der Waals surface area contributed by atoms with Crippen LogP contribution >= 0.6 is 0 Å². The molecule has 7 aromatic carbocycles. The van der Waals surface area contributed by atoms with E-state index in [0.717, 1.165) is 24.0 Å². The minimum Gasteiger partial charge on any atom is -0.456 e. The zero-order valence-electron chi connectivity index (χ0n) is 40.3. The van der Waals surface area contributed by atoms with Crippen LogP contribution in [0.2, 0.25) is 0 Å². The molecule has 1 aromatic heterocycles. The summed E-state index contributed by atoms with van der Waals surface area (Å²) in [5, 5.41) is 4.91. The lowest BCUT2D eigenvalue weighted by Crippen LogP contribution is -2.61. The zero-order valence-corrected chi connectivity index (χ0v) is 40.3. The lowest BCUT2D eigenvalue weighted by atomic mass is 9.43. The second-order valence-electron chi connectivity index (χ2n) is 23.7. The Bertz CT molecular complexity index is 3220. The quantitative estimate of drug-likeness (QED) is 0.162. The van der Waals surface area contributed by atoms with E-state index in [1.807, 2.05) is 0 Å². The number of hydrogen-bond acceptors (Lipinski definition) is 3. The summed E-state index contributed by atoms with van der Waals surface area (Å²) in [6.45, 7) is 30.4. The van der Waals surface area contributed by atoms with Gasteiger partial charge in [0.15, 0.2) is 0 Å². The fraction of sp³-hybridized carbons (Fsp3) is 0.333. The summed E-state index contributed by atoms with van der Waals surface area (Å²) in [5.41, 5.74) is 20.2. The SMILES string of the molecule is CC(C)(C)c1ccc(N2B3c4cc(C(C)(C)C)ccc4N(c4ccc(C(C)(C)C)cc4)c4c3c(cc3ccccc43)-c3c2ccc2oc4cc5c(cc4c32)C(C)(C)CCC5(C)C)cc1. The van der Waals surface area contributed by atoms with Crippen molar-refractivity contribution in [1.82, 2.24) is 0 Å². The standard InChI is InChI=1S/C60H63BN2O/c1-56(2,3)37-18-23-40(24-19-37)62-48-27-22-39(58(7,8)9)33-47(48)61-54-44(32-36-16-14-15-17-42(36)55(54)62)52-49(63(61)41-25-20-38(21-26-41)57(4,5)6)28-29-50-53(52)43-34-45-46(35-51(43)64-50)60(12,13)31-30-59(45,10)11/h14-29,32-35H,30-31H2,1-13H3. The number of furan rings is 1. The van der Waals surface area contributed by atoms with Gasteiger partial charge in [0, 0.05) is 44.5 Å². The Morgan fingerprint density at radius 1 is 0.531 bits per heavy atom. The average Bonchev–Trinajstić information content (AvgIpc) is 3.62. The summed E-state index contributed by atoms with van der Waals surface area (Å²) in [6, 6.07) is 47.2. The second kappa shape index (κ2) is 13.4. The molecule has 0 N–H and O–H groups in total. The molecule has 0 amide bonds. The lowest BCUT2D eigenvalue weighted by Gasteiger charge is -2.46. The first-order valence-corrected chi connectivity index (χ1v) is 23.7. The van der Waals surface area contributed by atoms with Crippen molar-refractivity contribution in [2.75, 3.05) is 9.71 Å². The molecule has 0 saturated heterocycles. The van der Waals surface area contributed by atoms with E-state index >= 15 is 0 Å². The molecule has 3 heterocycles. The van der Waals surface area contributed by atoms with Crippen LogP contribution in [0.1, 0.15) is 131 Å². The van der Waals surface area contributed by atoms with Gasteiger partial charge in [-0.05, 0) is 150 Å². The Balaban J connectivity index is 1.31. The topological polar surface area (TPSA) is 19.6 Å². The first-order chi connectivity index (χ1) is 30.1. The van der Waals surface area contributed by atoms with Crippen molar-refractivity contribution in [3.8, 4) is 11.1 Å². The van der Waals surface area contributed by atoms with Gasteiger partial charge in [0.05, 0.1) is 5.69 Å². The van der Waals surface area contributed by atoms with Gasteiger partial charge in [-0.3, -0.25) is 0 Å². The Labute approximate surface area is 381 Å². The Morgan fingerprint density at radius 3 is 1.72 bits per heavy atom. The van der Waals surface area contributed by atoms with Gasteiger partial charge < -0.3 is 14.1 Å². The molecule has 0 spiro atoms. The van der Waals surface area contributed by atoms with E-state index in [1.165, 1.54) is 99.9 Å². The third-order valence-corrected chi connectivity index (χ3v) is 15.4. The van der Waals surface area contributed by atoms with Crippen molar-refractivity contribution in [2.24, 2.45) is 0 Å². The highest BCUT2D eigenvalue weighted by atomic mass is 16.3. The van der Waals surface area contributed by atoms with Gasteiger partial charge in [0.2, 0.25) is 0 Å². The Hall–Kier alpha value is -5.74. The van der Waals surface area contributed by atoms with E-state index in [4.69, 9.17) is 4.42 Å². The molecule has 1 aliphatic carbocycles. The molecule has 0 saturated carbocycles. The highest BCUT2D eigenvalue weighted by molar-refractivity contribution is 6.94. The number of rotatable bonds is 2.